The molecule has 1 N–H and O–H groups in total. The molecule has 0 aliphatic heterocycles. The van der Waals surface area contributed by atoms with Gasteiger partial charge in [0.2, 0.25) is 0 Å². The summed E-state index contributed by atoms with van der Waals surface area (Å²) < 4.78 is 60.3. The average molecular weight is 323 g/mol. The number of hydrogen-bond donors (Lipinski definition) is 1. The first-order valence-electron chi connectivity index (χ1n) is 6.74. The van der Waals surface area contributed by atoms with Crippen LogP contribution in [0.25, 0.3) is 0 Å². The van der Waals surface area contributed by atoms with Crippen LogP contribution in [0.4, 0.5) is 13.2 Å². The maximum Gasteiger partial charge on any atom is 0.416 e. The smallest absolute Gasteiger partial charge is 0.313 e. The molecule has 7 heteroatoms. The Hall–Kier alpha value is -1.08. The molecule has 0 heterocycles. The molecule has 1 unspecified atom stereocenters. The number of hydrogen-bond acceptors (Lipinski definition) is 3. The van der Waals surface area contributed by atoms with Crippen LogP contribution >= 0.6 is 0 Å². The van der Waals surface area contributed by atoms with Crippen LogP contribution in [0.15, 0.2) is 24.3 Å². The van der Waals surface area contributed by atoms with E-state index in [1.165, 1.54) is 12.1 Å². The van der Waals surface area contributed by atoms with Gasteiger partial charge in [0.15, 0.2) is 0 Å². The Kier molecular flexibility index (Phi) is 6.22. The molecule has 0 bridgehead atoms. The van der Waals surface area contributed by atoms with Gasteiger partial charge in [0.05, 0.1) is 11.3 Å². The maximum absolute atomic E-state index is 12.5. The van der Waals surface area contributed by atoms with Crippen molar-refractivity contribution in [3.63, 3.8) is 0 Å². The zero-order valence-electron chi connectivity index (χ0n) is 12.1. The molecule has 3 nitrogen and oxygen atoms in total. The van der Waals surface area contributed by atoms with Crippen molar-refractivity contribution in [3.05, 3.63) is 35.4 Å². The molecule has 0 saturated heterocycles. The summed E-state index contributed by atoms with van der Waals surface area (Å²) in [5.41, 5.74) is 0.0362. The molecule has 21 heavy (non-hydrogen) atoms. The van der Waals surface area contributed by atoms with Crippen molar-refractivity contribution in [2.45, 2.75) is 32.0 Å². The standard InChI is InChI=1S/C14H20F3NO2S/c1-3-21(19,20)10-4-5-13(18-2)11-6-8-12(9-7-11)14(15,16)17/h6-9,13,18H,3-5,10H2,1-2H3. The van der Waals surface area contributed by atoms with Gasteiger partial charge in [0.25, 0.3) is 0 Å². The first-order chi connectivity index (χ1) is 9.69. The molecule has 120 valence electrons. The van der Waals surface area contributed by atoms with E-state index in [1.807, 2.05) is 0 Å². The lowest BCUT2D eigenvalue weighted by atomic mass is 10.0. The van der Waals surface area contributed by atoms with Crippen molar-refractivity contribution in [3.8, 4) is 0 Å². The lowest BCUT2D eigenvalue weighted by Gasteiger charge is -2.17. The van der Waals surface area contributed by atoms with Gasteiger partial charge in [-0.3, -0.25) is 0 Å². The van der Waals surface area contributed by atoms with Crippen LogP contribution in [0, 0.1) is 0 Å². The molecule has 0 fully saturated rings. The Bertz CT molecular complexity index is 538. The van der Waals surface area contributed by atoms with Gasteiger partial charge in [-0.25, -0.2) is 8.42 Å². The minimum Gasteiger partial charge on any atom is -0.313 e. The number of nitrogens with one attached hydrogen (secondary N) is 1. The normalized spacial score (nSPS) is 14.1. The lowest BCUT2D eigenvalue weighted by molar-refractivity contribution is -0.137. The summed E-state index contributed by atoms with van der Waals surface area (Å²) in [6, 6.07) is 4.79. The van der Waals surface area contributed by atoms with Gasteiger partial charge < -0.3 is 5.32 Å². The summed E-state index contributed by atoms with van der Waals surface area (Å²) >= 11 is 0. The summed E-state index contributed by atoms with van der Waals surface area (Å²) in [5.74, 6) is 0.208. The van der Waals surface area contributed by atoms with E-state index in [1.54, 1.807) is 14.0 Å². The second kappa shape index (κ2) is 7.26. The van der Waals surface area contributed by atoms with Gasteiger partial charge in [-0.15, -0.1) is 0 Å². The first kappa shape index (κ1) is 18.0. The summed E-state index contributed by atoms with van der Waals surface area (Å²) in [7, 11) is -1.30. The highest BCUT2D eigenvalue weighted by Crippen LogP contribution is 2.30. The highest BCUT2D eigenvalue weighted by Gasteiger charge is 2.30. The molecule has 1 aromatic carbocycles. The van der Waals surface area contributed by atoms with Crippen LogP contribution in [-0.4, -0.2) is 27.0 Å². The molecule has 0 aromatic heterocycles. The monoisotopic (exact) mass is 323 g/mol. The molecule has 1 aromatic rings. The number of alkyl halides is 3. The molecule has 0 amide bonds. The minimum absolute atomic E-state index is 0.0995. The predicted molar refractivity (Wildman–Crippen MR) is 76.8 cm³/mol. The third-order valence-electron chi connectivity index (χ3n) is 3.38. The molecular formula is C14H20F3NO2S. The van der Waals surface area contributed by atoms with Crippen molar-refractivity contribution in [2.24, 2.45) is 0 Å². The third kappa shape index (κ3) is 5.67. The number of halogens is 3. The van der Waals surface area contributed by atoms with E-state index >= 15 is 0 Å². The fourth-order valence-electron chi connectivity index (χ4n) is 2.03. The Morgan fingerprint density at radius 1 is 1.19 bits per heavy atom. The van der Waals surface area contributed by atoms with E-state index in [0.29, 0.717) is 12.8 Å². The zero-order valence-corrected chi connectivity index (χ0v) is 12.9. The fourth-order valence-corrected chi connectivity index (χ4v) is 2.93. The number of rotatable bonds is 7. The van der Waals surface area contributed by atoms with Crippen molar-refractivity contribution < 1.29 is 21.6 Å². The zero-order chi connectivity index (χ0) is 16.1. The van der Waals surface area contributed by atoms with Gasteiger partial charge in [-0.05, 0) is 37.6 Å². The largest absolute Gasteiger partial charge is 0.416 e. The number of sulfone groups is 1. The third-order valence-corrected chi connectivity index (χ3v) is 5.17. The molecular weight excluding hydrogens is 303 g/mol. The average Bonchev–Trinajstić information content (AvgIpc) is 2.43. The van der Waals surface area contributed by atoms with Crippen molar-refractivity contribution in [1.29, 1.82) is 0 Å². The van der Waals surface area contributed by atoms with E-state index in [9.17, 15) is 21.6 Å². The molecule has 0 aliphatic rings. The molecule has 0 spiro atoms. The molecule has 0 radical (unpaired) electrons. The van der Waals surface area contributed by atoms with Crippen molar-refractivity contribution in [1.82, 2.24) is 5.32 Å². The highest BCUT2D eigenvalue weighted by molar-refractivity contribution is 7.91. The van der Waals surface area contributed by atoms with Crippen molar-refractivity contribution in [2.75, 3.05) is 18.6 Å². The number of benzene rings is 1. The Morgan fingerprint density at radius 3 is 2.19 bits per heavy atom. The molecule has 0 saturated carbocycles. The van der Waals surface area contributed by atoms with Crippen LogP contribution in [-0.2, 0) is 16.0 Å². The van der Waals surface area contributed by atoms with Crippen LogP contribution < -0.4 is 5.32 Å². The van der Waals surface area contributed by atoms with Crippen LogP contribution in [0.2, 0.25) is 0 Å². The van der Waals surface area contributed by atoms with E-state index < -0.39 is 21.6 Å². The van der Waals surface area contributed by atoms with Gasteiger partial charge in [-0.1, -0.05) is 19.1 Å². The Balaban J connectivity index is 2.68. The van der Waals surface area contributed by atoms with E-state index in [-0.39, 0.29) is 17.5 Å². The fraction of sp³-hybridized carbons (Fsp3) is 0.571. The lowest BCUT2D eigenvalue weighted by Crippen LogP contribution is -2.18. The van der Waals surface area contributed by atoms with Gasteiger partial charge in [0.1, 0.15) is 9.84 Å². The maximum atomic E-state index is 12.5. The second-order valence-corrected chi connectivity index (χ2v) is 7.31. The molecule has 1 atom stereocenters. The van der Waals surface area contributed by atoms with Gasteiger partial charge in [-0.2, -0.15) is 13.2 Å². The summed E-state index contributed by atoms with van der Waals surface area (Å²) in [6.07, 6.45) is -3.31. The Labute approximate surface area is 123 Å². The minimum atomic E-state index is -4.34. The molecule has 0 aliphatic carbocycles. The summed E-state index contributed by atoms with van der Waals surface area (Å²) in [5, 5.41) is 3.00. The first-order valence-corrected chi connectivity index (χ1v) is 8.56. The topological polar surface area (TPSA) is 46.2 Å². The Morgan fingerprint density at radius 2 is 1.76 bits per heavy atom. The highest BCUT2D eigenvalue weighted by atomic mass is 32.2. The van der Waals surface area contributed by atoms with E-state index in [2.05, 4.69) is 5.32 Å². The van der Waals surface area contributed by atoms with Gasteiger partial charge >= 0.3 is 6.18 Å². The summed E-state index contributed by atoms with van der Waals surface area (Å²) in [4.78, 5) is 0. The van der Waals surface area contributed by atoms with Crippen molar-refractivity contribution >= 4 is 9.84 Å². The van der Waals surface area contributed by atoms with Crippen LogP contribution in [0.3, 0.4) is 0 Å². The van der Waals surface area contributed by atoms with E-state index in [4.69, 9.17) is 0 Å². The van der Waals surface area contributed by atoms with Gasteiger partial charge in [0, 0.05) is 11.8 Å². The molecule has 1 rings (SSSR count). The second-order valence-electron chi connectivity index (χ2n) is 4.84. The predicted octanol–water partition coefficient (Wildman–Crippen LogP) is 3.18. The van der Waals surface area contributed by atoms with Crippen LogP contribution in [0.5, 0.6) is 0 Å². The van der Waals surface area contributed by atoms with Crippen LogP contribution in [0.1, 0.15) is 36.9 Å². The quantitative estimate of drug-likeness (QED) is 0.838. The van der Waals surface area contributed by atoms with E-state index in [0.717, 1.165) is 17.7 Å². The SMILES string of the molecule is CCS(=O)(=O)CCCC(NC)c1ccc(C(F)(F)F)cc1. The summed E-state index contributed by atoms with van der Waals surface area (Å²) in [6.45, 7) is 1.60.